The summed E-state index contributed by atoms with van der Waals surface area (Å²) in [5.74, 6) is 0.716. The minimum atomic E-state index is -0.479. The molecule has 0 atom stereocenters. The molecule has 0 aliphatic rings. The summed E-state index contributed by atoms with van der Waals surface area (Å²) in [6.45, 7) is 4.74. The topological polar surface area (TPSA) is 93.5 Å². The quantitative estimate of drug-likeness (QED) is 0.314. The van der Waals surface area contributed by atoms with Crippen LogP contribution < -0.4 is 15.4 Å². The van der Waals surface area contributed by atoms with E-state index in [-0.39, 0.29) is 10.8 Å². The number of non-ortho nitro benzene ring substituents is 1. The van der Waals surface area contributed by atoms with Crippen LogP contribution in [0.1, 0.15) is 19.4 Å². The predicted octanol–water partition coefficient (Wildman–Crippen LogP) is 4.16. The summed E-state index contributed by atoms with van der Waals surface area (Å²) in [6.07, 6.45) is 2.85. The van der Waals surface area contributed by atoms with Crippen molar-refractivity contribution >= 4 is 40.7 Å². The number of ether oxygens (including phenoxy) is 1. The summed E-state index contributed by atoms with van der Waals surface area (Å²) >= 11 is 5.15. The molecule has 2 aromatic rings. The molecule has 0 spiro atoms. The van der Waals surface area contributed by atoms with Crippen LogP contribution in [-0.2, 0) is 4.79 Å². The summed E-state index contributed by atoms with van der Waals surface area (Å²) in [5, 5.41) is 16.3. The van der Waals surface area contributed by atoms with Gasteiger partial charge in [0, 0.05) is 30.0 Å². The van der Waals surface area contributed by atoms with Crippen LogP contribution >= 0.6 is 12.2 Å². The number of rotatable bonds is 7. The first kappa shape index (κ1) is 21.0. The standard InChI is InChI=1S/C20H21N3O4S/c1-14(2)13-27-18-5-3-4-16(12-18)21-20(28)22-19(24)11-8-15-6-9-17(10-7-15)23(25)26/h3-12,14H,13H2,1-2H3,(H2,21,22,24,28)/b11-8+. The molecule has 0 fully saturated rings. The van der Waals surface area contributed by atoms with Gasteiger partial charge in [-0.1, -0.05) is 19.9 Å². The maximum atomic E-state index is 12.0. The fraction of sp³-hybridized carbons (Fsp3) is 0.200. The number of amides is 1. The van der Waals surface area contributed by atoms with E-state index in [1.165, 1.54) is 18.2 Å². The van der Waals surface area contributed by atoms with E-state index in [2.05, 4.69) is 24.5 Å². The molecule has 7 nitrogen and oxygen atoms in total. The van der Waals surface area contributed by atoms with E-state index >= 15 is 0 Å². The summed E-state index contributed by atoms with van der Waals surface area (Å²) in [6, 6.07) is 13.2. The van der Waals surface area contributed by atoms with Crippen LogP contribution in [0.3, 0.4) is 0 Å². The first-order valence-electron chi connectivity index (χ1n) is 8.61. The Morgan fingerprint density at radius 3 is 2.61 bits per heavy atom. The fourth-order valence-corrected chi connectivity index (χ4v) is 2.34. The van der Waals surface area contributed by atoms with E-state index in [1.807, 2.05) is 18.2 Å². The van der Waals surface area contributed by atoms with Crippen molar-refractivity contribution in [3.8, 4) is 5.75 Å². The zero-order valence-electron chi connectivity index (χ0n) is 15.5. The van der Waals surface area contributed by atoms with E-state index < -0.39 is 10.8 Å². The van der Waals surface area contributed by atoms with Gasteiger partial charge in [-0.25, -0.2) is 0 Å². The van der Waals surface area contributed by atoms with E-state index in [0.717, 1.165) is 0 Å². The molecule has 2 aromatic carbocycles. The maximum absolute atomic E-state index is 12.0. The second-order valence-corrected chi connectivity index (χ2v) is 6.77. The van der Waals surface area contributed by atoms with Gasteiger partial charge in [0.05, 0.1) is 11.5 Å². The Labute approximate surface area is 168 Å². The van der Waals surface area contributed by atoms with Crippen LogP contribution in [0.5, 0.6) is 5.75 Å². The van der Waals surface area contributed by atoms with Gasteiger partial charge in [-0.2, -0.15) is 0 Å². The summed E-state index contributed by atoms with van der Waals surface area (Å²) in [7, 11) is 0. The second-order valence-electron chi connectivity index (χ2n) is 6.36. The average molecular weight is 399 g/mol. The van der Waals surface area contributed by atoms with E-state index in [0.29, 0.717) is 29.5 Å². The van der Waals surface area contributed by atoms with Gasteiger partial charge in [-0.05, 0) is 54.0 Å². The Bertz CT molecular complexity index is 879. The van der Waals surface area contributed by atoms with Crippen LogP contribution in [0, 0.1) is 16.0 Å². The van der Waals surface area contributed by atoms with E-state index in [1.54, 1.807) is 24.3 Å². The first-order valence-corrected chi connectivity index (χ1v) is 9.01. The van der Waals surface area contributed by atoms with Crippen LogP contribution in [-0.4, -0.2) is 22.5 Å². The van der Waals surface area contributed by atoms with Crippen molar-refractivity contribution in [1.29, 1.82) is 0 Å². The van der Waals surface area contributed by atoms with Gasteiger partial charge in [0.2, 0.25) is 5.91 Å². The number of carbonyl (C=O) groups excluding carboxylic acids is 1. The minimum absolute atomic E-state index is 0.00779. The normalized spacial score (nSPS) is 10.7. The van der Waals surface area contributed by atoms with Gasteiger partial charge in [0.25, 0.3) is 5.69 Å². The van der Waals surface area contributed by atoms with E-state index in [9.17, 15) is 14.9 Å². The van der Waals surface area contributed by atoms with Gasteiger partial charge in [0.1, 0.15) is 5.75 Å². The average Bonchev–Trinajstić information content (AvgIpc) is 2.65. The molecule has 0 aliphatic heterocycles. The van der Waals surface area contributed by atoms with Gasteiger partial charge < -0.3 is 10.1 Å². The number of hydrogen-bond acceptors (Lipinski definition) is 5. The van der Waals surface area contributed by atoms with Crippen molar-refractivity contribution in [2.75, 3.05) is 11.9 Å². The molecular weight excluding hydrogens is 378 g/mol. The highest BCUT2D eigenvalue weighted by molar-refractivity contribution is 7.80. The van der Waals surface area contributed by atoms with Crippen molar-refractivity contribution in [2.45, 2.75) is 13.8 Å². The molecule has 0 saturated heterocycles. The number of anilines is 1. The SMILES string of the molecule is CC(C)COc1cccc(NC(=S)NC(=O)/C=C/c2ccc([N+](=O)[O-])cc2)c1. The van der Waals surface area contributed by atoms with Gasteiger partial charge >= 0.3 is 0 Å². The van der Waals surface area contributed by atoms with Crippen molar-refractivity contribution in [1.82, 2.24) is 5.32 Å². The molecule has 2 rings (SSSR count). The Hall–Kier alpha value is -3.26. The molecule has 0 unspecified atom stereocenters. The number of nitrogens with zero attached hydrogens (tertiary/aromatic N) is 1. The number of nitro groups is 1. The highest BCUT2D eigenvalue weighted by atomic mass is 32.1. The van der Waals surface area contributed by atoms with Crippen LogP contribution in [0.25, 0.3) is 6.08 Å². The van der Waals surface area contributed by atoms with Crippen molar-refractivity contribution in [3.05, 3.63) is 70.3 Å². The molecule has 0 aliphatic carbocycles. The molecule has 0 saturated carbocycles. The van der Waals surface area contributed by atoms with Gasteiger partial charge in [-0.15, -0.1) is 0 Å². The largest absolute Gasteiger partial charge is 0.493 e. The Morgan fingerprint density at radius 1 is 1.25 bits per heavy atom. The molecule has 146 valence electrons. The summed E-state index contributed by atoms with van der Waals surface area (Å²) < 4.78 is 5.66. The molecular formula is C20H21N3O4S. The third-order valence-corrected chi connectivity index (χ3v) is 3.65. The molecule has 0 aromatic heterocycles. The first-order chi connectivity index (χ1) is 13.3. The second kappa shape index (κ2) is 10.2. The maximum Gasteiger partial charge on any atom is 0.269 e. The Balaban J connectivity index is 1.87. The zero-order chi connectivity index (χ0) is 20.5. The highest BCUT2D eigenvalue weighted by Gasteiger charge is 2.05. The van der Waals surface area contributed by atoms with Crippen molar-refractivity contribution in [3.63, 3.8) is 0 Å². The lowest BCUT2D eigenvalue weighted by atomic mass is 10.2. The summed E-state index contributed by atoms with van der Waals surface area (Å²) in [4.78, 5) is 22.1. The van der Waals surface area contributed by atoms with Crippen LogP contribution in [0.15, 0.2) is 54.6 Å². The third-order valence-electron chi connectivity index (χ3n) is 3.44. The van der Waals surface area contributed by atoms with Crippen molar-refractivity contribution < 1.29 is 14.5 Å². The number of thiocarbonyl (C=S) groups is 1. The number of nitrogens with one attached hydrogen (secondary N) is 2. The predicted molar refractivity (Wildman–Crippen MR) is 113 cm³/mol. The lowest BCUT2D eigenvalue weighted by Gasteiger charge is -2.12. The number of hydrogen-bond donors (Lipinski definition) is 2. The lowest BCUT2D eigenvalue weighted by Crippen LogP contribution is -2.32. The van der Waals surface area contributed by atoms with Crippen molar-refractivity contribution in [2.24, 2.45) is 5.92 Å². The van der Waals surface area contributed by atoms with Crippen LogP contribution in [0.4, 0.5) is 11.4 Å². The molecule has 8 heteroatoms. The Morgan fingerprint density at radius 2 is 1.96 bits per heavy atom. The lowest BCUT2D eigenvalue weighted by molar-refractivity contribution is -0.384. The molecule has 1 amide bonds. The zero-order valence-corrected chi connectivity index (χ0v) is 16.4. The Kier molecular flexibility index (Phi) is 7.65. The number of benzene rings is 2. The monoisotopic (exact) mass is 399 g/mol. The molecule has 0 radical (unpaired) electrons. The van der Waals surface area contributed by atoms with Gasteiger partial charge in [-0.3, -0.25) is 20.2 Å². The molecule has 28 heavy (non-hydrogen) atoms. The van der Waals surface area contributed by atoms with Crippen LogP contribution in [0.2, 0.25) is 0 Å². The minimum Gasteiger partial charge on any atom is -0.493 e. The number of nitro benzene ring substituents is 1. The van der Waals surface area contributed by atoms with E-state index in [4.69, 9.17) is 17.0 Å². The van der Waals surface area contributed by atoms with Gasteiger partial charge in [0.15, 0.2) is 5.11 Å². The molecule has 0 heterocycles. The smallest absolute Gasteiger partial charge is 0.269 e. The fourth-order valence-electron chi connectivity index (χ4n) is 2.12. The number of carbonyl (C=O) groups is 1. The molecule has 2 N–H and O–H groups in total. The third kappa shape index (κ3) is 7.16. The highest BCUT2D eigenvalue weighted by Crippen LogP contribution is 2.18. The summed E-state index contributed by atoms with van der Waals surface area (Å²) in [5.41, 5.74) is 1.35. The molecule has 0 bridgehead atoms.